The molecule has 10 aromatic carbocycles. The van der Waals surface area contributed by atoms with Crippen LogP contribution in [0.2, 0.25) is 0 Å². The van der Waals surface area contributed by atoms with Crippen LogP contribution in [-0.2, 0) is 5.41 Å². The van der Waals surface area contributed by atoms with E-state index in [0.717, 1.165) is 33.4 Å². The van der Waals surface area contributed by atoms with E-state index in [9.17, 15) is 0 Å². The van der Waals surface area contributed by atoms with Crippen LogP contribution < -0.4 is 0 Å². The Balaban J connectivity index is 0.959. The average Bonchev–Trinajstić information content (AvgIpc) is 3.86. The summed E-state index contributed by atoms with van der Waals surface area (Å²) in [5.41, 5.74) is 19.9. The molecule has 3 nitrogen and oxygen atoms in total. The smallest absolute Gasteiger partial charge is 0.164 e. The minimum absolute atomic E-state index is 0.418. The fourth-order valence-corrected chi connectivity index (χ4v) is 10.7. The maximum Gasteiger partial charge on any atom is 0.164 e. The zero-order chi connectivity index (χ0) is 42.9. The number of aromatic nitrogens is 3. The molecule has 3 heteroatoms. The van der Waals surface area contributed by atoms with Gasteiger partial charge in [-0.15, -0.1) is 0 Å². The molecule has 13 rings (SSSR count). The van der Waals surface area contributed by atoms with Crippen LogP contribution in [0.3, 0.4) is 0 Å². The molecule has 65 heavy (non-hydrogen) atoms. The summed E-state index contributed by atoms with van der Waals surface area (Å²) in [5, 5.41) is 2.41. The Morgan fingerprint density at radius 2 is 0.692 bits per heavy atom. The van der Waals surface area contributed by atoms with E-state index < -0.39 is 5.41 Å². The van der Waals surface area contributed by atoms with E-state index in [2.05, 4.69) is 212 Å². The second-order valence-electron chi connectivity index (χ2n) is 17.1. The molecular formula is C62H39N3. The maximum absolute atomic E-state index is 5.15. The first-order valence-electron chi connectivity index (χ1n) is 22.3. The van der Waals surface area contributed by atoms with Gasteiger partial charge in [-0.3, -0.25) is 0 Å². The van der Waals surface area contributed by atoms with Crippen LogP contribution in [0, 0.1) is 0 Å². The second kappa shape index (κ2) is 14.8. The quantitative estimate of drug-likeness (QED) is 0.168. The molecule has 0 fully saturated rings. The van der Waals surface area contributed by atoms with Crippen LogP contribution in [0.5, 0.6) is 0 Å². The van der Waals surface area contributed by atoms with Crippen molar-refractivity contribution in [2.24, 2.45) is 0 Å². The van der Waals surface area contributed by atoms with Gasteiger partial charge in [0.05, 0.1) is 5.41 Å². The van der Waals surface area contributed by atoms with Gasteiger partial charge in [0.25, 0.3) is 0 Å². The van der Waals surface area contributed by atoms with Gasteiger partial charge < -0.3 is 0 Å². The molecule has 0 bridgehead atoms. The Labute approximate surface area is 378 Å². The van der Waals surface area contributed by atoms with Crippen LogP contribution in [0.1, 0.15) is 22.3 Å². The molecule has 0 saturated carbocycles. The highest BCUT2D eigenvalue weighted by molar-refractivity contribution is 6.05. The Kier molecular flexibility index (Phi) is 8.44. The molecule has 0 aliphatic heterocycles. The second-order valence-corrected chi connectivity index (χ2v) is 17.1. The molecule has 11 aromatic rings. The standard InChI is InChI=1S/C62H39N3/c1-3-16-40(17-4-1)45-21-15-22-47(38-45)61-64-59(43-19-5-2-6-20-43)63-60(65-61)44-32-30-42(31-33-44)58-48-23-8-7-18-41(48)34-36-49(58)46-35-37-53-52-26-11-14-29-56(52)62(57(53)39-46)54-27-12-9-24-50(54)51-25-10-13-28-55(51)62/h1-39H. The third-order valence-corrected chi connectivity index (χ3v) is 13.6. The molecule has 0 unspecified atom stereocenters. The summed E-state index contributed by atoms with van der Waals surface area (Å²) in [5.74, 6) is 1.90. The summed E-state index contributed by atoms with van der Waals surface area (Å²) in [6.45, 7) is 0. The molecule has 302 valence electrons. The highest BCUT2D eigenvalue weighted by Gasteiger charge is 2.51. The van der Waals surface area contributed by atoms with Gasteiger partial charge in [-0.2, -0.15) is 0 Å². The lowest BCUT2D eigenvalue weighted by Crippen LogP contribution is -2.25. The molecule has 0 amide bonds. The predicted octanol–water partition coefficient (Wildman–Crippen LogP) is 15.4. The van der Waals surface area contributed by atoms with Gasteiger partial charge in [-0.1, -0.05) is 224 Å². The van der Waals surface area contributed by atoms with E-state index in [1.165, 1.54) is 72.0 Å². The zero-order valence-corrected chi connectivity index (χ0v) is 35.4. The number of hydrogen-bond donors (Lipinski definition) is 0. The molecule has 2 aliphatic carbocycles. The van der Waals surface area contributed by atoms with Crippen molar-refractivity contribution >= 4 is 10.8 Å². The first kappa shape index (κ1) is 37.1. The summed E-state index contributed by atoms with van der Waals surface area (Å²) in [6.07, 6.45) is 0. The van der Waals surface area contributed by atoms with E-state index in [4.69, 9.17) is 15.0 Å². The molecule has 0 saturated heterocycles. The molecule has 1 spiro atoms. The maximum atomic E-state index is 5.15. The fraction of sp³-hybridized carbons (Fsp3) is 0.0161. The van der Waals surface area contributed by atoms with E-state index in [0.29, 0.717) is 17.5 Å². The summed E-state index contributed by atoms with van der Waals surface area (Å²) in [6, 6.07) is 85.4. The molecule has 0 N–H and O–H groups in total. The van der Waals surface area contributed by atoms with Crippen LogP contribution in [0.4, 0.5) is 0 Å². The van der Waals surface area contributed by atoms with Crippen molar-refractivity contribution in [2.75, 3.05) is 0 Å². The molecule has 2 aliphatic rings. The van der Waals surface area contributed by atoms with Gasteiger partial charge in [-0.05, 0) is 101 Å². The SMILES string of the molecule is c1ccc(-c2cccc(-c3nc(-c4ccccc4)nc(-c4ccc(-c5c(-c6ccc7c(c6)C6(c8ccccc8-c8ccccc86)c6ccccc6-7)ccc6ccccc56)cc4)n3)c2)cc1. The van der Waals surface area contributed by atoms with Crippen molar-refractivity contribution in [2.45, 2.75) is 5.41 Å². The average molecular weight is 826 g/mol. The highest BCUT2D eigenvalue weighted by Crippen LogP contribution is 2.63. The number of rotatable bonds is 6. The van der Waals surface area contributed by atoms with Gasteiger partial charge in [-0.25, -0.2) is 15.0 Å². The summed E-state index contributed by atoms with van der Waals surface area (Å²) in [7, 11) is 0. The van der Waals surface area contributed by atoms with Crippen molar-refractivity contribution in [3.05, 3.63) is 259 Å². The van der Waals surface area contributed by atoms with E-state index in [-0.39, 0.29) is 0 Å². The molecule has 0 atom stereocenters. The Morgan fingerprint density at radius 3 is 1.34 bits per heavy atom. The molecular weight excluding hydrogens is 787 g/mol. The molecule has 1 aromatic heterocycles. The minimum Gasteiger partial charge on any atom is -0.208 e. The van der Waals surface area contributed by atoms with Crippen molar-refractivity contribution < 1.29 is 0 Å². The number of fused-ring (bicyclic) bond motifs is 11. The number of hydrogen-bond acceptors (Lipinski definition) is 3. The Morgan fingerprint density at radius 1 is 0.246 bits per heavy atom. The van der Waals surface area contributed by atoms with Crippen molar-refractivity contribution in [3.8, 4) is 89.8 Å². The van der Waals surface area contributed by atoms with Gasteiger partial charge in [0, 0.05) is 16.7 Å². The largest absolute Gasteiger partial charge is 0.208 e. The van der Waals surface area contributed by atoms with Crippen molar-refractivity contribution in [3.63, 3.8) is 0 Å². The van der Waals surface area contributed by atoms with E-state index >= 15 is 0 Å². The predicted molar refractivity (Wildman–Crippen MR) is 266 cm³/mol. The topological polar surface area (TPSA) is 38.7 Å². The van der Waals surface area contributed by atoms with Crippen LogP contribution in [-0.4, -0.2) is 15.0 Å². The lowest BCUT2D eigenvalue weighted by Gasteiger charge is -2.30. The van der Waals surface area contributed by atoms with Gasteiger partial charge in [0.15, 0.2) is 17.5 Å². The fourth-order valence-electron chi connectivity index (χ4n) is 10.7. The minimum atomic E-state index is -0.418. The molecule has 1 heterocycles. The molecule has 0 radical (unpaired) electrons. The van der Waals surface area contributed by atoms with Gasteiger partial charge in [0.1, 0.15) is 0 Å². The van der Waals surface area contributed by atoms with E-state index in [1.54, 1.807) is 0 Å². The Bertz CT molecular complexity index is 3590. The Hall–Kier alpha value is -8.53. The van der Waals surface area contributed by atoms with Crippen LogP contribution >= 0.6 is 0 Å². The first-order valence-corrected chi connectivity index (χ1v) is 22.3. The van der Waals surface area contributed by atoms with Crippen LogP contribution in [0.15, 0.2) is 237 Å². The summed E-state index contributed by atoms with van der Waals surface area (Å²) in [4.78, 5) is 15.3. The van der Waals surface area contributed by atoms with Gasteiger partial charge in [0.2, 0.25) is 0 Å². The van der Waals surface area contributed by atoms with Crippen molar-refractivity contribution in [1.82, 2.24) is 15.0 Å². The third-order valence-electron chi connectivity index (χ3n) is 13.6. The normalized spacial score (nSPS) is 12.7. The zero-order valence-electron chi connectivity index (χ0n) is 35.4. The first-order chi connectivity index (χ1) is 32.2. The summed E-state index contributed by atoms with van der Waals surface area (Å²) >= 11 is 0. The lowest BCUT2D eigenvalue weighted by molar-refractivity contribution is 0.794. The van der Waals surface area contributed by atoms with E-state index in [1.807, 2.05) is 24.3 Å². The van der Waals surface area contributed by atoms with Crippen LogP contribution in [0.25, 0.3) is 101 Å². The van der Waals surface area contributed by atoms with Crippen molar-refractivity contribution in [1.29, 1.82) is 0 Å². The third kappa shape index (κ3) is 5.79. The summed E-state index contributed by atoms with van der Waals surface area (Å²) < 4.78 is 0. The highest BCUT2D eigenvalue weighted by atomic mass is 15.0. The number of benzene rings is 10. The van der Waals surface area contributed by atoms with Gasteiger partial charge >= 0.3 is 0 Å². The monoisotopic (exact) mass is 825 g/mol. The number of nitrogens with zero attached hydrogens (tertiary/aromatic N) is 3. The lowest BCUT2D eigenvalue weighted by atomic mass is 9.70.